The third-order valence-corrected chi connectivity index (χ3v) is 3.19. The van der Waals surface area contributed by atoms with Gasteiger partial charge in [0.25, 0.3) is 0 Å². The summed E-state index contributed by atoms with van der Waals surface area (Å²) in [7, 11) is 0. The third kappa shape index (κ3) is 2.31. The quantitative estimate of drug-likeness (QED) is 0.630. The summed E-state index contributed by atoms with van der Waals surface area (Å²) in [6, 6.07) is 0.181. The van der Waals surface area contributed by atoms with Gasteiger partial charge in [-0.2, -0.15) is 0 Å². The summed E-state index contributed by atoms with van der Waals surface area (Å²) in [5.74, 6) is 1.47. The summed E-state index contributed by atoms with van der Waals surface area (Å²) in [6.07, 6.45) is 6.39. The Balaban J connectivity index is 0.000000396. The molecule has 1 heterocycles. The molecule has 3 atom stereocenters. The van der Waals surface area contributed by atoms with E-state index in [9.17, 15) is 4.79 Å². The lowest BCUT2D eigenvalue weighted by Crippen LogP contribution is -2.29. The number of hydrogen-bond acceptors (Lipinski definition) is 2. The van der Waals surface area contributed by atoms with Crippen molar-refractivity contribution in [2.24, 2.45) is 11.8 Å². The predicted molar refractivity (Wildman–Crippen MR) is 54.7 cm³/mol. The Hall–Kier alpha value is -0.370. The zero-order valence-corrected chi connectivity index (χ0v) is 8.75. The molecule has 2 nitrogen and oxygen atoms in total. The second-order valence-corrected chi connectivity index (χ2v) is 3.78. The van der Waals surface area contributed by atoms with E-state index in [4.69, 9.17) is 0 Å². The summed E-state index contributed by atoms with van der Waals surface area (Å²) < 4.78 is 0. The molecule has 1 saturated carbocycles. The van der Waals surface area contributed by atoms with Crippen LogP contribution in [-0.2, 0) is 4.79 Å². The van der Waals surface area contributed by atoms with Gasteiger partial charge in [0.2, 0.25) is 0 Å². The van der Waals surface area contributed by atoms with Crippen molar-refractivity contribution in [1.82, 2.24) is 5.32 Å². The van der Waals surface area contributed by atoms with E-state index in [1.807, 2.05) is 13.8 Å². The monoisotopic (exact) mass is 183 g/mol. The lowest BCUT2D eigenvalue weighted by molar-refractivity contribution is -0.110. The molecule has 1 aliphatic heterocycles. The van der Waals surface area contributed by atoms with Crippen molar-refractivity contribution in [1.29, 1.82) is 0 Å². The number of fused-ring (bicyclic) bond motifs is 1. The van der Waals surface area contributed by atoms with Crippen LogP contribution in [0.15, 0.2) is 0 Å². The van der Waals surface area contributed by atoms with Crippen molar-refractivity contribution in [3.05, 3.63) is 0 Å². The third-order valence-electron chi connectivity index (χ3n) is 3.19. The summed E-state index contributed by atoms with van der Waals surface area (Å²) >= 11 is 0. The highest BCUT2D eigenvalue weighted by molar-refractivity contribution is 5.59. The van der Waals surface area contributed by atoms with E-state index in [2.05, 4.69) is 5.32 Å². The molecule has 1 aliphatic carbocycles. The number of nitrogens with one attached hydrogen (secondary N) is 1. The fourth-order valence-corrected chi connectivity index (χ4v) is 2.55. The molecule has 0 radical (unpaired) electrons. The second kappa shape index (κ2) is 5.38. The van der Waals surface area contributed by atoms with Gasteiger partial charge in [-0.25, -0.2) is 0 Å². The van der Waals surface area contributed by atoms with Gasteiger partial charge in [0.05, 0.1) is 6.04 Å². The van der Waals surface area contributed by atoms with Crippen LogP contribution in [0, 0.1) is 11.8 Å². The summed E-state index contributed by atoms with van der Waals surface area (Å²) in [4.78, 5) is 10.6. The number of carbonyl (C=O) groups excluding carboxylic acids is 1. The van der Waals surface area contributed by atoms with Crippen LogP contribution in [0.1, 0.15) is 39.5 Å². The summed E-state index contributed by atoms with van der Waals surface area (Å²) in [6.45, 7) is 5.08. The van der Waals surface area contributed by atoms with Crippen LogP contribution < -0.4 is 5.32 Å². The second-order valence-electron chi connectivity index (χ2n) is 3.78. The Kier molecular flexibility index (Phi) is 4.43. The fraction of sp³-hybridized carbons (Fsp3) is 0.909. The van der Waals surface area contributed by atoms with Crippen molar-refractivity contribution in [2.75, 3.05) is 6.54 Å². The maximum atomic E-state index is 10.6. The Morgan fingerprint density at radius 1 is 1.23 bits per heavy atom. The van der Waals surface area contributed by atoms with Gasteiger partial charge in [0, 0.05) is 0 Å². The lowest BCUT2D eigenvalue weighted by atomic mass is 9.79. The van der Waals surface area contributed by atoms with Crippen LogP contribution >= 0.6 is 0 Å². The first-order chi connectivity index (χ1) is 6.42. The van der Waals surface area contributed by atoms with E-state index in [0.29, 0.717) is 5.92 Å². The highest BCUT2D eigenvalue weighted by Crippen LogP contribution is 2.34. The van der Waals surface area contributed by atoms with Crippen LogP contribution in [0.25, 0.3) is 0 Å². The summed E-state index contributed by atoms with van der Waals surface area (Å²) in [5.41, 5.74) is 0. The normalized spacial score (nSPS) is 37.2. The zero-order chi connectivity index (χ0) is 9.68. The molecule has 0 spiro atoms. The molecule has 1 N–H and O–H groups in total. The SMILES string of the molecule is CC.O=C[C@H]1NCC2CCCCC21. The largest absolute Gasteiger partial charge is 0.307 e. The molecule has 1 saturated heterocycles. The molecule has 0 amide bonds. The topological polar surface area (TPSA) is 29.1 Å². The van der Waals surface area contributed by atoms with Crippen molar-refractivity contribution in [3.8, 4) is 0 Å². The van der Waals surface area contributed by atoms with Gasteiger partial charge >= 0.3 is 0 Å². The Labute approximate surface area is 81.1 Å². The van der Waals surface area contributed by atoms with Gasteiger partial charge in [0.1, 0.15) is 6.29 Å². The molecule has 76 valence electrons. The minimum Gasteiger partial charge on any atom is -0.307 e. The smallest absolute Gasteiger partial charge is 0.137 e. The molecule has 2 unspecified atom stereocenters. The average Bonchev–Trinajstić information content (AvgIpc) is 2.64. The van der Waals surface area contributed by atoms with Gasteiger partial charge in [-0.1, -0.05) is 26.7 Å². The minimum atomic E-state index is 0.181. The first-order valence-corrected chi connectivity index (χ1v) is 5.60. The first kappa shape index (κ1) is 10.7. The van der Waals surface area contributed by atoms with Gasteiger partial charge in [-0.05, 0) is 31.2 Å². The highest BCUT2D eigenvalue weighted by atomic mass is 16.1. The lowest BCUT2D eigenvalue weighted by Gasteiger charge is -2.25. The fourth-order valence-electron chi connectivity index (χ4n) is 2.55. The average molecular weight is 183 g/mol. The molecule has 2 aliphatic rings. The first-order valence-electron chi connectivity index (χ1n) is 5.60. The van der Waals surface area contributed by atoms with Gasteiger partial charge in [0.15, 0.2) is 0 Å². The van der Waals surface area contributed by atoms with Crippen LogP contribution in [0.2, 0.25) is 0 Å². The molecule has 0 aromatic heterocycles. The maximum absolute atomic E-state index is 10.6. The zero-order valence-electron chi connectivity index (χ0n) is 8.75. The molecule has 0 aromatic rings. The van der Waals surface area contributed by atoms with Crippen molar-refractivity contribution in [3.63, 3.8) is 0 Å². The molecular weight excluding hydrogens is 162 g/mol. The Bertz CT molecular complexity index is 158. The number of hydrogen-bond donors (Lipinski definition) is 1. The molecular formula is C11H21NO. The molecule has 0 aromatic carbocycles. The van der Waals surface area contributed by atoms with Gasteiger partial charge in [-0.3, -0.25) is 0 Å². The summed E-state index contributed by atoms with van der Waals surface area (Å²) in [5, 5.41) is 3.28. The van der Waals surface area contributed by atoms with Gasteiger partial charge < -0.3 is 10.1 Å². The van der Waals surface area contributed by atoms with Crippen LogP contribution in [-0.4, -0.2) is 18.9 Å². The molecule has 13 heavy (non-hydrogen) atoms. The minimum absolute atomic E-state index is 0.181. The number of aldehydes is 1. The molecule has 2 heteroatoms. The number of carbonyl (C=O) groups is 1. The van der Waals surface area contributed by atoms with E-state index in [1.54, 1.807) is 0 Å². The van der Waals surface area contributed by atoms with E-state index in [0.717, 1.165) is 18.7 Å². The van der Waals surface area contributed by atoms with Crippen LogP contribution in [0.4, 0.5) is 0 Å². The Morgan fingerprint density at radius 3 is 2.62 bits per heavy atom. The maximum Gasteiger partial charge on any atom is 0.137 e. The predicted octanol–water partition coefficient (Wildman–Crippen LogP) is 1.99. The van der Waals surface area contributed by atoms with Crippen molar-refractivity contribution >= 4 is 6.29 Å². The standard InChI is InChI=1S/C9H15NO.C2H6/c11-6-9-8-4-2-1-3-7(8)5-10-9;1-2/h6-10H,1-5H2;1-2H3/t7?,8?,9-;/m1./s1. The molecule has 2 fully saturated rings. The van der Waals surface area contributed by atoms with E-state index in [-0.39, 0.29) is 6.04 Å². The van der Waals surface area contributed by atoms with E-state index < -0.39 is 0 Å². The molecule has 0 bridgehead atoms. The van der Waals surface area contributed by atoms with Gasteiger partial charge in [-0.15, -0.1) is 0 Å². The highest BCUT2D eigenvalue weighted by Gasteiger charge is 2.36. The van der Waals surface area contributed by atoms with Crippen molar-refractivity contribution < 1.29 is 4.79 Å². The van der Waals surface area contributed by atoms with Crippen LogP contribution in [0.5, 0.6) is 0 Å². The molecule has 2 rings (SSSR count). The number of rotatable bonds is 1. The Morgan fingerprint density at radius 2 is 1.92 bits per heavy atom. The van der Waals surface area contributed by atoms with E-state index >= 15 is 0 Å². The van der Waals surface area contributed by atoms with E-state index in [1.165, 1.54) is 25.7 Å². The van der Waals surface area contributed by atoms with Crippen molar-refractivity contribution in [2.45, 2.75) is 45.6 Å². The van der Waals surface area contributed by atoms with Crippen LogP contribution in [0.3, 0.4) is 0 Å².